The third-order valence-corrected chi connectivity index (χ3v) is 2.41. The van der Waals surface area contributed by atoms with Gasteiger partial charge in [0.2, 0.25) is 0 Å². The quantitative estimate of drug-likeness (QED) is 0.615. The Kier molecular flexibility index (Phi) is 2.78. The number of para-hydroxylation sites is 1. The standard InChI is InChI=1S/C11H12N4O2/c1-7-4-3-5-8(9(7)12)15-6-13-10(14-15)11(16)17-2/h3-6H,12H2,1-2H3. The first-order valence-corrected chi connectivity index (χ1v) is 4.99. The lowest BCUT2D eigenvalue weighted by Gasteiger charge is -2.06. The number of aromatic nitrogens is 3. The summed E-state index contributed by atoms with van der Waals surface area (Å²) in [6.45, 7) is 1.90. The first kappa shape index (κ1) is 11.1. The second kappa shape index (κ2) is 4.25. The maximum absolute atomic E-state index is 11.2. The summed E-state index contributed by atoms with van der Waals surface area (Å²) >= 11 is 0. The lowest BCUT2D eigenvalue weighted by atomic mass is 10.2. The molecule has 6 nitrogen and oxygen atoms in total. The summed E-state index contributed by atoms with van der Waals surface area (Å²) in [5.41, 5.74) is 8.16. The summed E-state index contributed by atoms with van der Waals surface area (Å²) in [4.78, 5) is 15.1. The van der Waals surface area contributed by atoms with Gasteiger partial charge in [-0.2, -0.15) is 0 Å². The molecule has 1 aromatic heterocycles. The van der Waals surface area contributed by atoms with Crippen LogP contribution in [0, 0.1) is 6.92 Å². The van der Waals surface area contributed by atoms with E-state index in [9.17, 15) is 4.79 Å². The molecule has 0 amide bonds. The smallest absolute Gasteiger partial charge is 0.377 e. The average Bonchev–Trinajstić information content (AvgIpc) is 2.81. The number of ether oxygens (including phenoxy) is 1. The van der Waals surface area contributed by atoms with Crippen molar-refractivity contribution in [3.63, 3.8) is 0 Å². The highest BCUT2D eigenvalue weighted by molar-refractivity contribution is 5.84. The molecular weight excluding hydrogens is 220 g/mol. The Bertz CT molecular complexity index is 562. The number of nitrogens with two attached hydrogens (primary N) is 1. The molecule has 0 saturated heterocycles. The number of carbonyl (C=O) groups excluding carboxylic acids is 1. The number of anilines is 1. The average molecular weight is 232 g/mol. The van der Waals surface area contributed by atoms with Gasteiger partial charge in [-0.05, 0) is 18.6 Å². The van der Waals surface area contributed by atoms with Crippen molar-refractivity contribution in [2.24, 2.45) is 0 Å². The van der Waals surface area contributed by atoms with E-state index in [4.69, 9.17) is 5.73 Å². The molecule has 1 heterocycles. The van der Waals surface area contributed by atoms with E-state index in [0.717, 1.165) is 5.56 Å². The topological polar surface area (TPSA) is 83.0 Å². The Morgan fingerprint density at radius 1 is 1.47 bits per heavy atom. The number of carbonyl (C=O) groups is 1. The van der Waals surface area contributed by atoms with E-state index in [1.165, 1.54) is 18.1 Å². The molecule has 0 aliphatic heterocycles. The van der Waals surface area contributed by atoms with Crippen LogP contribution in [-0.2, 0) is 4.74 Å². The van der Waals surface area contributed by atoms with E-state index >= 15 is 0 Å². The molecule has 2 aromatic rings. The minimum absolute atomic E-state index is 0.00778. The van der Waals surface area contributed by atoms with Crippen LogP contribution in [0.25, 0.3) is 5.69 Å². The molecular formula is C11H12N4O2. The van der Waals surface area contributed by atoms with Gasteiger partial charge in [-0.25, -0.2) is 14.5 Å². The predicted molar refractivity (Wildman–Crippen MR) is 61.8 cm³/mol. The number of aryl methyl sites for hydroxylation is 1. The number of benzene rings is 1. The first-order chi connectivity index (χ1) is 8.13. The van der Waals surface area contributed by atoms with Gasteiger partial charge >= 0.3 is 5.97 Å². The highest BCUT2D eigenvalue weighted by Gasteiger charge is 2.13. The van der Waals surface area contributed by atoms with E-state index < -0.39 is 5.97 Å². The molecule has 0 saturated carbocycles. The van der Waals surface area contributed by atoms with Crippen molar-refractivity contribution in [3.8, 4) is 5.69 Å². The summed E-state index contributed by atoms with van der Waals surface area (Å²) in [7, 11) is 1.28. The molecule has 0 aliphatic rings. The third-order valence-electron chi connectivity index (χ3n) is 2.41. The SMILES string of the molecule is COC(=O)c1ncn(-c2cccc(C)c2N)n1. The molecule has 17 heavy (non-hydrogen) atoms. The predicted octanol–water partition coefficient (Wildman–Crippen LogP) is 0.945. The van der Waals surface area contributed by atoms with Crippen molar-refractivity contribution in [1.29, 1.82) is 0 Å². The van der Waals surface area contributed by atoms with E-state index in [-0.39, 0.29) is 5.82 Å². The lowest BCUT2D eigenvalue weighted by molar-refractivity contribution is 0.0587. The fourth-order valence-corrected chi connectivity index (χ4v) is 1.43. The zero-order valence-electron chi connectivity index (χ0n) is 9.54. The van der Waals surface area contributed by atoms with Crippen molar-refractivity contribution in [1.82, 2.24) is 14.8 Å². The van der Waals surface area contributed by atoms with Gasteiger partial charge in [0.25, 0.3) is 5.82 Å². The minimum atomic E-state index is -0.574. The third kappa shape index (κ3) is 1.96. The van der Waals surface area contributed by atoms with Crippen LogP contribution in [0.1, 0.15) is 16.2 Å². The Balaban J connectivity index is 2.44. The van der Waals surface area contributed by atoms with Crippen LogP contribution >= 0.6 is 0 Å². The number of hydrogen-bond acceptors (Lipinski definition) is 5. The normalized spacial score (nSPS) is 10.2. The Morgan fingerprint density at radius 3 is 2.94 bits per heavy atom. The lowest BCUT2D eigenvalue weighted by Crippen LogP contribution is -2.06. The molecule has 0 bridgehead atoms. The van der Waals surface area contributed by atoms with Crippen LogP contribution in [0.3, 0.4) is 0 Å². The first-order valence-electron chi connectivity index (χ1n) is 4.99. The van der Waals surface area contributed by atoms with Crippen LogP contribution in [0.4, 0.5) is 5.69 Å². The molecule has 0 radical (unpaired) electrons. The number of hydrogen-bond donors (Lipinski definition) is 1. The summed E-state index contributed by atoms with van der Waals surface area (Å²) in [5.74, 6) is -0.566. The van der Waals surface area contributed by atoms with Crippen LogP contribution in [0.5, 0.6) is 0 Å². The molecule has 2 N–H and O–H groups in total. The number of esters is 1. The second-order valence-corrected chi connectivity index (χ2v) is 3.51. The summed E-state index contributed by atoms with van der Waals surface area (Å²) < 4.78 is 5.98. The van der Waals surface area contributed by atoms with Gasteiger partial charge in [-0.3, -0.25) is 0 Å². The highest BCUT2D eigenvalue weighted by atomic mass is 16.5. The summed E-state index contributed by atoms with van der Waals surface area (Å²) in [6.07, 6.45) is 1.43. The van der Waals surface area contributed by atoms with E-state index in [1.807, 2.05) is 19.1 Å². The minimum Gasteiger partial charge on any atom is -0.463 e. The van der Waals surface area contributed by atoms with Gasteiger partial charge in [0.15, 0.2) is 0 Å². The zero-order chi connectivity index (χ0) is 12.4. The monoisotopic (exact) mass is 232 g/mol. The number of methoxy groups -OCH3 is 1. The molecule has 1 aromatic carbocycles. The fourth-order valence-electron chi connectivity index (χ4n) is 1.43. The number of nitrogens with zero attached hydrogens (tertiary/aromatic N) is 3. The Hall–Kier alpha value is -2.37. The Morgan fingerprint density at radius 2 is 2.24 bits per heavy atom. The van der Waals surface area contributed by atoms with Crippen LogP contribution in [0.15, 0.2) is 24.5 Å². The van der Waals surface area contributed by atoms with Crippen LogP contribution in [-0.4, -0.2) is 27.8 Å². The molecule has 2 rings (SSSR count). The van der Waals surface area contributed by atoms with Gasteiger partial charge in [0.1, 0.15) is 6.33 Å². The van der Waals surface area contributed by atoms with Crippen molar-refractivity contribution in [3.05, 3.63) is 35.9 Å². The fraction of sp³-hybridized carbons (Fsp3) is 0.182. The number of rotatable bonds is 2. The highest BCUT2D eigenvalue weighted by Crippen LogP contribution is 2.19. The Labute approximate surface area is 98.0 Å². The van der Waals surface area contributed by atoms with Crippen molar-refractivity contribution < 1.29 is 9.53 Å². The van der Waals surface area contributed by atoms with Gasteiger partial charge in [0.05, 0.1) is 18.5 Å². The summed E-state index contributed by atoms with van der Waals surface area (Å²) in [5, 5.41) is 4.00. The van der Waals surface area contributed by atoms with Crippen molar-refractivity contribution >= 4 is 11.7 Å². The summed E-state index contributed by atoms with van der Waals surface area (Å²) in [6, 6.07) is 5.57. The van der Waals surface area contributed by atoms with Gasteiger partial charge < -0.3 is 10.5 Å². The van der Waals surface area contributed by atoms with E-state index in [0.29, 0.717) is 11.4 Å². The maximum Gasteiger partial charge on any atom is 0.377 e. The molecule has 0 aliphatic carbocycles. The molecule has 6 heteroatoms. The van der Waals surface area contributed by atoms with Crippen molar-refractivity contribution in [2.45, 2.75) is 6.92 Å². The van der Waals surface area contributed by atoms with Gasteiger partial charge in [-0.15, -0.1) is 5.10 Å². The van der Waals surface area contributed by atoms with Gasteiger partial charge in [0, 0.05) is 0 Å². The van der Waals surface area contributed by atoms with E-state index in [2.05, 4.69) is 14.8 Å². The van der Waals surface area contributed by atoms with E-state index in [1.54, 1.807) is 6.07 Å². The van der Waals surface area contributed by atoms with Gasteiger partial charge in [-0.1, -0.05) is 12.1 Å². The molecule has 0 fully saturated rings. The van der Waals surface area contributed by atoms with Crippen LogP contribution in [0.2, 0.25) is 0 Å². The maximum atomic E-state index is 11.2. The molecule has 0 spiro atoms. The second-order valence-electron chi connectivity index (χ2n) is 3.51. The zero-order valence-corrected chi connectivity index (χ0v) is 9.54. The molecule has 0 unspecified atom stereocenters. The van der Waals surface area contributed by atoms with Crippen molar-refractivity contribution in [2.75, 3.05) is 12.8 Å². The molecule has 0 atom stereocenters. The number of nitrogen functional groups attached to an aromatic ring is 1. The molecule has 88 valence electrons. The largest absolute Gasteiger partial charge is 0.463 e. The van der Waals surface area contributed by atoms with Crippen LogP contribution < -0.4 is 5.73 Å².